The van der Waals surface area contributed by atoms with Crippen molar-refractivity contribution in [2.24, 2.45) is 5.10 Å². The molecule has 0 aliphatic heterocycles. The first-order valence-electron chi connectivity index (χ1n) is 7.38. The van der Waals surface area contributed by atoms with Gasteiger partial charge in [0.1, 0.15) is 11.5 Å². The Balaban J connectivity index is 1.76. The van der Waals surface area contributed by atoms with E-state index in [9.17, 15) is 4.79 Å². The second-order valence-corrected chi connectivity index (χ2v) is 5.88. The van der Waals surface area contributed by atoms with E-state index in [1.54, 1.807) is 12.1 Å². The van der Waals surface area contributed by atoms with Crippen molar-refractivity contribution in [1.82, 2.24) is 5.43 Å². The number of carbonyl (C=O) groups excluding carboxylic acids is 1. The summed E-state index contributed by atoms with van der Waals surface area (Å²) >= 11 is 3.19. The van der Waals surface area contributed by atoms with Gasteiger partial charge in [0, 0.05) is 0 Å². The van der Waals surface area contributed by atoms with Crippen LogP contribution >= 0.6 is 15.9 Å². The van der Waals surface area contributed by atoms with E-state index in [0.29, 0.717) is 22.1 Å². The highest BCUT2D eigenvalue weighted by Crippen LogP contribution is 2.21. The van der Waals surface area contributed by atoms with Crippen LogP contribution in [0.5, 0.6) is 5.75 Å². The fraction of sp³-hybridized carbons (Fsp3) is 0.294. The Kier molecular flexibility index (Phi) is 6.40. The molecule has 0 aliphatic carbocycles. The highest BCUT2D eigenvalue weighted by atomic mass is 79.9. The second-order valence-electron chi connectivity index (χ2n) is 5.10. The van der Waals surface area contributed by atoms with Crippen molar-refractivity contribution in [2.45, 2.75) is 26.2 Å². The summed E-state index contributed by atoms with van der Waals surface area (Å²) < 4.78 is 11.3. The summed E-state index contributed by atoms with van der Waals surface area (Å²) in [6, 6.07) is 11.3. The number of nitrogens with one attached hydrogen (secondary N) is 1. The lowest BCUT2D eigenvalue weighted by atomic mass is 9.99. The maximum atomic E-state index is 11.6. The lowest BCUT2D eigenvalue weighted by molar-refractivity contribution is -0.123. The van der Waals surface area contributed by atoms with E-state index in [1.165, 1.54) is 11.8 Å². The Morgan fingerprint density at radius 1 is 1.35 bits per heavy atom. The number of hydrogen-bond donors (Lipinski definition) is 1. The van der Waals surface area contributed by atoms with Crippen LogP contribution in [0.3, 0.4) is 0 Å². The van der Waals surface area contributed by atoms with Gasteiger partial charge in [-0.3, -0.25) is 4.79 Å². The molecule has 0 bridgehead atoms. The molecule has 1 aromatic carbocycles. The van der Waals surface area contributed by atoms with Crippen molar-refractivity contribution < 1.29 is 13.9 Å². The molecule has 0 saturated heterocycles. The molecule has 2 rings (SSSR count). The zero-order valence-corrected chi connectivity index (χ0v) is 14.7. The van der Waals surface area contributed by atoms with Gasteiger partial charge in [-0.2, -0.15) is 5.10 Å². The molecule has 1 aromatic heterocycles. The van der Waals surface area contributed by atoms with Crippen LogP contribution in [0.4, 0.5) is 0 Å². The molecule has 1 amide bonds. The molecule has 1 heterocycles. The van der Waals surface area contributed by atoms with Crippen molar-refractivity contribution in [3.05, 3.63) is 52.4 Å². The highest BCUT2D eigenvalue weighted by Gasteiger charge is 2.05. The van der Waals surface area contributed by atoms with E-state index in [0.717, 1.165) is 6.42 Å². The molecule has 1 N–H and O–H groups in total. The van der Waals surface area contributed by atoms with Gasteiger partial charge in [-0.25, -0.2) is 5.43 Å². The molecule has 0 aliphatic rings. The molecule has 6 heteroatoms. The second kappa shape index (κ2) is 8.53. The van der Waals surface area contributed by atoms with Crippen molar-refractivity contribution in [1.29, 1.82) is 0 Å². The lowest BCUT2D eigenvalue weighted by Crippen LogP contribution is -2.24. The Hall–Kier alpha value is -2.08. The zero-order chi connectivity index (χ0) is 16.7. The van der Waals surface area contributed by atoms with Gasteiger partial charge in [0.05, 0.1) is 6.21 Å². The van der Waals surface area contributed by atoms with Gasteiger partial charge in [0.15, 0.2) is 11.3 Å². The number of rotatable bonds is 7. The van der Waals surface area contributed by atoms with Crippen LogP contribution in [0.1, 0.15) is 37.5 Å². The van der Waals surface area contributed by atoms with E-state index in [-0.39, 0.29) is 12.5 Å². The summed E-state index contributed by atoms with van der Waals surface area (Å²) in [6.45, 7) is 4.24. The molecule has 0 spiro atoms. The quantitative estimate of drug-likeness (QED) is 0.582. The maximum absolute atomic E-state index is 11.6. The first kappa shape index (κ1) is 17.3. The van der Waals surface area contributed by atoms with Crippen LogP contribution in [-0.2, 0) is 4.79 Å². The monoisotopic (exact) mass is 378 g/mol. The summed E-state index contributed by atoms with van der Waals surface area (Å²) in [6.07, 6.45) is 2.51. The normalized spacial score (nSPS) is 12.3. The van der Waals surface area contributed by atoms with Gasteiger partial charge in [0.25, 0.3) is 5.91 Å². The molecule has 2 aromatic rings. The minimum absolute atomic E-state index is 0.0954. The first-order chi connectivity index (χ1) is 11.1. The number of hydrogen-bond acceptors (Lipinski definition) is 4. The average Bonchev–Trinajstić information content (AvgIpc) is 2.98. The molecular formula is C17H19BrN2O3. The minimum atomic E-state index is -0.335. The number of halogens is 1. The van der Waals surface area contributed by atoms with Gasteiger partial charge >= 0.3 is 0 Å². The standard InChI is InChI=1S/C17H19BrN2O3/c1-3-12(2)13-4-6-14(7-5-13)22-11-17(21)20-19-10-15-8-9-16(18)23-15/h4-10,12H,3,11H2,1-2H3,(H,20,21)/b19-10-/t12-/m1/s1. The number of nitrogens with zero attached hydrogens (tertiary/aromatic N) is 1. The van der Waals surface area contributed by atoms with E-state index in [1.807, 2.05) is 24.3 Å². The summed E-state index contributed by atoms with van der Waals surface area (Å²) in [4.78, 5) is 11.6. The maximum Gasteiger partial charge on any atom is 0.277 e. The number of amides is 1. The molecule has 0 fully saturated rings. The average molecular weight is 379 g/mol. The molecule has 122 valence electrons. The van der Waals surface area contributed by atoms with Crippen molar-refractivity contribution in [2.75, 3.05) is 6.61 Å². The van der Waals surface area contributed by atoms with E-state index < -0.39 is 0 Å². The van der Waals surface area contributed by atoms with Crippen LogP contribution in [0, 0.1) is 0 Å². The number of benzene rings is 1. The number of ether oxygens (including phenoxy) is 1. The van der Waals surface area contributed by atoms with Crippen LogP contribution in [0.25, 0.3) is 0 Å². The zero-order valence-electron chi connectivity index (χ0n) is 13.1. The van der Waals surface area contributed by atoms with E-state index in [4.69, 9.17) is 9.15 Å². The molecule has 0 unspecified atom stereocenters. The van der Waals surface area contributed by atoms with Crippen LogP contribution in [0.2, 0.25) is 0 Å². The third kappa shape index (κ3) is 5.56. The Morgan fingerprint density at radius 3 is 2.70 bits per heavy atom. The molecule has 0 radical (unpaired) electrons. The highest BCUT2D eigenvalue weighted by molar-refractivity contribution is 9.10. The van der Waals surface area contributed by atoms with Gasteiger partial charge < -0.3 is 9.15 Å². The summed E-state index contributed by atoms with van der Waals surface area (Å²) in [7, 11) is 0. The third-order valence-electron chi connectivity index (χ3n) is 3.41. The lowest BCUT2D eigenvalue weighted by Gasteiger charge is -2.10. The molecule has 0 saturated carbocycles. The van der Waals surface area contributed by atoms with Crippen LogP contribution in [0.15, 0.2) is 50.6 Å². The Bertz CT molecular complexity index is 665. The van der Waals surface area contributed by atoms with E-state index in [2.05, 4.69) is 40.3 Å². The Labute approximate surface area is 143 Å². The van der Waals surface area contributed by atoms with Crippen LogP contribution in [-0.4, -0.2) is 18.7 Å². The van der Waals surface area contributed by atoms with Crippen molar-refractivity contribution >= 4 is 28.1 Å². The number of carbonyl (C=O) groups is 1. The third-order valence-corrected chi connectivity index (χ3v) is 3.83. The smallest absolute Gasteiger partial charge is 0.277 e. The fourth-order valence-electron chi connectivity index (χ4n) is 1.87. The van der Waals surface area contributed by atoms with Crippen molar-refractivity contribution in [3.8, 4) is 5.75 Å². The number of furan rings is 1. The molecule has 5 nitrogen and oxygen atoms in total. The first-order valence-corrected chi connectivity index (χ1v) is 8.17. The largest absolute Gasteiger partial charge is 0.484 e. The summed E-state index contributed by atoms with van der Waals surface area (Å²) in [5, 5.41) is 3.80. The summed E-state index contributed by atoms with van der Waals surface area (Å²) in [5.74, 6) is 1.38. The number of hydrazone groups is 1. The molecule has 1 atom stereocenters. The SMILES string of the molecule is CC[C@@H](C)c1ccc(OCC(=O)N/N=C\c2ccc(Br)o2)cc1. The molecule has 23 heavy (non-hydrogen) atoms. The van der Waals surface area contributed by atoms with Gasteiger partial charge in [-0.05, 0) is 58.1 Å². The van der Waals surface area contributed by atoms with Crippen LogP contribution < -0.4 is 10.2 Å². The van der Waals surface area contributed by atoms with Crippen molar-refractivity contribution in [3.63, 3.8) is 0 Å². The van der Waals surface area contributed by atoms with Gasteiger partial charge in [-0.1, -0.05) is 26.0 Å². The topological polar surface area (TPSA) is 63.8 Å². The Morgan fingerprint density at radius 2 is 2.09 bits per heavy atom. The predicted molar refractivity (Wildman–Crippen MR) is 92.8 cm³/mol. The molecular weight excluding hydrogens is 360 g/mol. The van der Waals surface area contributed by atoms with Gasteiger partial charge in [-0.15, -0.1) is 0 Å². The predicted octanol–water partition coefficient (Wildman–Crippen LogP) is 4.08. The van der Waals surface area contributed by atoms with Gasteiger partial charge in [0.2, 0.25) is 0 Å². The minimum Gasteiger partial charge on any atom is -0.484 e. The fourth-order valence-corrected chi connectivity index (χ4v) is 2.19. The summed E-state index contributed by atoms with van der Waals surface area (Å²) in [5.41, 5.74) is 3.64. The van der Waals surface area contributed by atoms with E-state index >= 15 is 0 Å².